The molecule has 0 amide bonds. The maximum Gasteiger partial charge on any atom is 0.232 e. The largest absolute Gasteiger partial charge is 0.471 e. The lowest BCUT2D eigenvalue weighted by atomic mass is 10.2. The van der Waals surface area contributed by atoms with Crippen molar-refractivity contribution in [2.45, 2.75) is 12.5 Å². The van der Waals surface area contributed by atoms with E-state index in [1.165, 1.54) is 5.69 Å². The minimum absolute atomic E-state index is 0.0803. The summed E-state index contributed by atoms with van der Waals surface area (Å²) in [5, 5.41) is 3.85. The third-order valence-corrected chi connectivity index (χ3v) is 5.81. The van der Waals surface area contributed by atoms with Gasteiger partial charge in [-0.25, -0.2) is 0 Å². The first-order chi connectivity index (χ1) is 15.2. The molecule has 2 aromatic heterocycles. The first-order valence-electron chi connectivity index (χ1n) is 10.6. The van der Waals surface area contributed by atoms with Gasteiger partial charge in [-0.15, -0.1) is 0 Å². The van der Waals surface area contributed by atoms with Crippen LogP contribution in [0.2, 0.25) is 0 Å². The molecule has 2 N–H and O–H groups in total. The summed E-state index contributed by atoms with van der Waals surface area (Å²) in [7, 11) is 2.15. The van der Waals surface area contributed by atoms with Crippen molar-refractivity contribution in [2.24, 2.45) is 0 Å². The molecule has 9 heteroatoms. The van der Waals surface area contributed by atoms with E-state index in [0.29, 0.717) is 41.6 Å². The smallest absolute Gasteiger partial charge is 0.232 e. The highest BCUT2D eigenvalue weighted by Crippen LogP contribution is 2.30. The van der Waals surface area contributed by atoms with Gasteiger partial charge in [0.15, 0.2) is 6.29 Å². The van der Waals surface area contributed by atoms with Gasteiger partial charge in [0, 0.05) is 55.7 Å². The number of rotatable bonds is 6. The van der Waals surface area contributed by atoms with E-state index in [1.54, 1.807) is 6.20 Å². The normalized spacial score (nSPS) is 19.6. The zero-order valence-electron chi connectivity index (χ0n) is 17.5. The summed E-state index contributed by atoms with van der Waals surface area (Å²) in [6, 6.07) is 8.27. The highest BCUT2D eigenvalue weighted by Gasteiger charge is 2.22. The number of likely N-dealkylation sites (N-methyl/N-ethyl adjacent to an activating group) is 1. The molecule has 2 saturated heterocycles. The van der Waals surface area contributed by atoms with E-state index in [0.717, 1.165) is 44.6 Å². The quantitative estimate of drug-likeness (QED) is 0.585. The maximum absolute atomic E-state index is 11.4. The SMILES string of the molecule is CN1CCN(c2ccc(Nc3nc(OC4CCOC4)c4c(C=O)c[nH]c4n3)cc2)CC1. The second kappa shape index (κ2) is 8.52. The van der Waals surface area contributed by atoms with Gasteiger partial charge in [0.25, 0.3) is 0 Å². The fourth-order valence-corrected chi connectivity index (χ4v) is 3.97. The molecule has 2 fully saturated rings. The summed E-state index contributed by atoms with van der Waals surface area (Å²) >= 11 is 0. The van der Waals surface area contributed by atoms with Crippen LogP contribution in [-0.4, -0.2) is 78.7 Å². The highest BCUT2D eigenvalue weighted by atomic mass is 16.5. The molecule has 4 heterocycles. The Morgan fingerprint density at radius 1 is 1.19 bits per heavy atom. The van der Waals surface area contributed by atoms with Crippen LogP contribution in [0.25, 0.3) is 11.0 Å². The minimum Gasteiger partial charge on any atom is -0.471 e. The molecular weight excluding hydrogens is 396 g/mol. The van der Waals surface area contributed by atoms with Crippen LogP contribution in [0.15, 0.2) is 30.5 Å². The van der Waals surface area contributed by atoms with E-state index in [-0.39, 0.29) is 6.10 Å². The van der Waals surface area contributed by atoms with Crippen LogP contribution in [0.4, 0.5) is 17.3 Å². The summed E-state index contributed by atoms with van der Waals surface area (Å²) in [4.78, 5) is 28.3. The van der Waals surface area contributed by atoms with Crippen LogP contribution in [0.3, 0.4) is 0 Å². The number of hydrogen-bond acceptors (Lipinski definition) is 8. The molecule has 1 aromatic carbocycles. The van der Waals surface area contributed by atoms with Gasteiger partial charge >= 0.3 is 0 Å². The molecule has 1 unspecified atom stereocenters. The third kappa shape index (κ3) is 4.19. The number of aromatic nitrogens is 3. The summed E-state index contributed by atoms with van der Waals surface area (Å²) in [5.74, 6) is 0.800. The fraction of sp³-hybridized carbons (Fsp3) is 0.409. The Hall–Kier alpha value is -3.17. The number of aldehydes is 1. The van der Waals surface area contributed by atoms with Gasteiger partial charge in [0.2, 0.25) is 11.8 Å². The summed E-state index contributed by atoms with van der Waals surface area (Å²) in [5.41, 5.74) is 3.13. The van der Waals surface area contributed by atoms with Crippen molar-refractivity contribution >= 4 is 34.6 Å². The van der Waals surface area contributed by atoms with Crippen molar-refractivity contribution < 1.29 is 14.3 Å². The lowest BCUT2D eigenvalue weighted by Gasteiger charge is -2.34. The molecule has 162 valence electrons. The van der Waals surface area contributed by atoms with E-state index in [1.807, 2.05) is 12.1 Å². The lowest BCUT2D eigenvalue weighted by molar-refractivity contribution is 0.112. The predicted octanol–water partition coefficient (Wildman–Crippen LogP) is 2.43. The Morgan fingerprint density at radius 2 is 2.00 bits per heavy atom. The molecule has 2 aliphatic rings. The number of carbonyl (C=O) groups excluding carboxylic acids is 1. The molecule has 0 bridgehead atoms. The first kappa shape index (κ1) is 19.8. The molecule has 0 aliphatic carbocycles. The topological polar surface area (TPSA) is 95.6 Å². The highest BCUT2D eigenvalue weighted by molar-refractivity contribution is 5.99. The monoisotopic (exact) mass is 422 g/mol. The fourth-order valence-electron chi connectivity index (χ4n) is 3.97. The van der Waals surface area contributed by atoms with Gasteiger partial charge in [-0.3, -0.25) is 4.79 Å². The molecule has 1 atom stereocenters. The number of piperazine rings is 1. The number of fused-ring (bicyclic) bond motifs is 1. The second-order valence-electron chi connectivity index (χ2n) is 8.00. The number of hydrogen-bond donors (Lipinski definition) is 2. The Morgan fingerprint density at radius 3 is 2.71 bits per heavy atom. The first-order valence-corrected chi connectivity index (χ1v) is 10.6. The van der Waals surface area contributed by atoms with Crippen molar-refractivity contribution in [1.82, 2.24) is 19.9 Å². The zero-order valence-corrected chi connectivity index (χ0v) is 17.5. The molecule has 31 heavy (non-hydrogen) atoms. The molecule has 0 saturated carbocycles. The number of H-pyrrole nitrogens is 1. The van der Waals surface area contributed by atoms with Crippen LogP contribution in [0, 0.1) is 0 Å². The van der Waals surface area contributed by atoms with Crippen molar-refractivity contribution in [3.63, 3.8) is 0 Å². The average Bonchev–Trinajstić information content (AvgIpc) is 3.44. The maximum atomic E-state index is 11.4. The van der Waals surface area contributed by atoms with E-state index in [2.05, 4.69) is 49.2 Å². The van der Waals surface area contributed by atoms with Crippen LogP contribution in [0.5, 0.6) is 5.88 Å². The summed E-state index contributed by atoms with van der Waals surface area (Å²) in [6.45, 7) is 5.38. The number of ether oxygens (including phenoxy) is 2. The number of aromatic amines is 1. The van der Waals surface area contributed by atoms with Gasteiger partial charge in [-0.05, 0) is 31.3 Å². The molecule has 0 radical (unpaired) electrons. The number of benzene rings is 1. The standard InChI is InChI=1S/C22H26N6O3/c1-27-7-9-28(10-8-27)17-4-2-16(3-5-17)24-22-25-20-19(15(13-29)12-23-20)21(26-22)31-18-6-11-30-14-18/h2-5,12-13,18H,6-11,14H2,1H3,(H2,23,24,25,26). The Labute approximate surface area is 180 Å². The van der Waals surface area contributed by atoms with E-state index < -0.39 is 0 Å². The molecule has 5 rings (SSSR count). The van der Waals surface area contributed by atoms with Gasteiger partial charge < -0.3 is 29.6 Å². The number of anilines is 3. The van der Waals surface area contributed by atoms with Crippen molar-refractivity contribution in [3.8, 4) is 5.88 Å². The van der Waals surface area contributed by atoms with E-state index in [4.69, 9.17) is 9.47 Å². The van der Waals surface area contributed by atoms with Crippen molar-refractivity contribution in [2.75, 3.05) is 56.7 Å². The number of nitrogens with one attached hydrogen (secondary N) is 2. The third-order valence-electron chi connectivity index (χ3n) is 5.81. The van der Waals surface area contributed by atoms with Gasteiger partial charge in [0.05, 0.1) is 18.6 Å². The molecular formula is C22H26N6O3. The molecule has 9 nitrogen and oxygen atoms in total. The summed E-state index contributed by atoms with van der Waals surface area (Å²) < 4.78 is 11.5. The van der Waals surface area contributed by atoms with E-state index in [9.17, 15) is 4.79 Å². The predicted molar refractivity (Wildman–Crippen MR) is 119 cm³/mol. The van der Waals surface area contributed by atoms with Crippen LogP contribution in [-0.2, 0) is 4.74 Å². The lowest BCUT2D eigenvalue weighted by Crippen LogP contribution is -2.44. The van der Waals surface area contributed by atoms with Gasteiger partial charge in [0.1, 0.15) is 11.8 Å². The van der Waals surface area contributed by atoms with Gasteiger partial charge in [-0.1, -0.05) is 0 Å². The van der Waals surface area contributed by atoms with Crippen molar-refractivity contribution in [1.29, 1.82) is 0 Å². The van der Waals surface area contributed by atoms with Crippen molar-refractivity contribution in [3.05, 3.63) is 36.0 Å². The minimum atomic E-state index is -0.0803. The molecule has 3 aromatic rings. The van der Waals surface area contributed by atoms with Crippen LogP contribution in [0.1, 0.15) is 16.8 Å². The Kier molecular flexibility index (Phi) is 5.44. The Bertz CT molecular complexity index is 1050. The van der Waals surface area contributed by atoms with Crippen LogP contribution >= 0.6 is 0 Å². The number of nitrogens with zero attached hydrogens (tertiary/aromatic N) is 4. The second-order valence-corrected chi connectivity index (χ2v) is 8.00. The van der Waals surface area contributed by atoms with E-state index >= 15 is 0 Å². The molecule has 2 aliphatic heterocycles. The average molecular weight is 422 g/mol. The Balaban J connectivity index is 1.37. The summed E-state index contributed by atoms with van der Waals surface area (Å²) in [6.07, 6.45) is 3.12. The van der Waals surface area contributed by atoms with Gasteiger partial charge in [-0.2, -0.15) is 9.97 Å². The molecule has 0 spiro atoms. The zero-order chi connectivity index (χ0) is 21.2. The number of carbonyl (C=O) groups is 1. The van der Waals surface area contributed by atoms with Crippen LogP contribution < -0.4 is 15.0 Å².